The van der Waals surface area contributed by atoms with Gasteiger partial charge in [-0.3, -0.25) is 14.7 Å². The summed E-state index contributed by atoms with van der Waals surface area (Å²) in [5.74, 6) is -0.0547. The van der Waals surface area contributed by atoms with Gasteiger partial charge >= 0.3 is 0 Å². The van der Waals surface area contributed by atoms with E-state index in [2.05, 4.69) is 15.2 Å². The summed E-state index contributed by atoms with van der Waals surface area (Å²) in [7, 11) is 1.63. The summed E-state index contributed by atoms with van der Waals surface area (Å²) < 4.78 is 5.43. The first-order valence-electron chi connectivity index (χ1n) is 5.74. The third-order valence-electron chi connectivity index (χ3n) is 2.82. The van der Waals surface area contributed by atoms with Crippen LogP contribution in [-0.2, 0) is 16.1 Å². The molecule has 2 rings (SSSR count). The minimum absolute atomic E-state index is 0.0547. The molecule has 1 aromatic heterocycles. The van der Waals surface area contributed by atoms with Crippen molar-refractivity contribution in [2.24, 2.45) is 0 Å². The van der Waals surface area contributed by atoms with E-state index in [1.807, 2.05) is 18.3 Å². The van der Waals surface area contributed by atoms with Crippen molar-refractivity contribution in [2.75, 3.05) is 26.7 Å². The summed E-state index contributed by atoms with van der Waals surface area (Å²) in [5, 5.41) is 2.62. The van der Waals surface area contributed by atoms with E-state index in [0.29, 0.717) is 13.2 Å². The van der Waals surface area contributed by atoms with Gasteiger partial charge in [-0.2, -0.15) is 0 Å². The highest BCUT2D eigenvalue weighted by Crippen LogP contribution is 2.09. The second-order valence-corrected chi connectivity index (χ2v) is 4.07. The van der Waals surface area contributed by atoms with Crippen molar-refractivity contribution in [1.29, 1.82) is 0 Å². The van der Waals surface area contributed by atoms with E-state index >= 15 is 0 Å². The lowest BCUT2D eigenvalue weighted by Crippen LogP contribution is -2.48. The quantitative estimate of drug-likeness (QED) is 0.803. The summed E-state index contributed by atoms with van der Waals surface area (Å²) in [6.07, 6.45) is 3.26. The highest BCUT2D eigenvalue weighted by Gasteiger charge is 2.25. The standard InChI is InChI=1S/C12H17N3O2/c1-13-12(16)11-9-15(5-6-17-11)8-10-3-2-4-14-7-10/h2-4,7,11H,5-6,8-9H2,1H3,(H,13,16). The molecule has 0 spiro atoms. The Morgan fingerprint density at radius 3 is 3.29 bits per heavy atom. The molecule has 0 aliphatic carbocycles. The van der Waals surface area contributed by atoms with E-state index in [4.69, 9.17) is 4.74 Å². The van der Waals surface area contributed by atoms with Gasteiger partial charge in [-0.1, -0.05) is 6.07 Å². The summed E-state index contributed by atoms with van der Waals surface area (Å²) in [6.45, 7) is 2.89. The molecule has 1 aliphatic heterocycles. The zero-order chi connectivity index (χ0) is 12.1. The number of nitrogens with zero attached hydrogens (tertiary/aromatic N) is 2. The third kappa shape index (κ3) is 3.25. The molecule has 1 aliphatic rings. The minimum Gasteiger partial charge on any atom is -0.366 e. The highest BCUT2D eigenvalue weighted by atomic mass is 16.5. The smallest absolute Gasteiger partial charge is 0.250 e. The van der Waals surface area contributed by atoms with Crippen LogP contribution in [0.1, 0.15) is 5.56 Å². The first-order valence-corrected chi connectivity index (χ1v) is 5.74. The molecule has 5 nitrogen and oxygen atoms in total. The normalized spacial score (nSPS) is 21.1. The summed E-state index contributed by atoms with van der Waals surface area (Å²) in [6, 6.07) is 3.96. The summed E-state index contributed by atoms with van der Waals surface area (Å²) in [5.41, 5.74) is 1.16. The number of hydrogen-bond donors (Lipinski definition) is 1. The topological polar surface area (TPSA) is 54.5 Å². The number of rotatable bonds is 3. The predicted octanol–water partition coefficient (Wildman–Crippen LogP) is 0.0284. The molecule has 92 valence electrons. The zero-order valence-electron chi connectivity index (χ0n) is 9.93. The van der Waals surface area contributed by atoms with Crippen LogP contribution in [0, 0.1) is 0 Å². The average Bonchev–Trinajstić information content (AvgIpc) is 2.39. The van der Waals surface area contributed by atoms with Gasteiger partial charge in [-0.05, 0) is 11.6 Å². The molecular formula is C12H17N3O2. The number of ether oxygens (including phenoxy) is 1. The fraction of sp³-hybridized carbons (Fsp3) is 0.500. The Labute approximate surface area is 101 Å². The van der Waals surface area contributed by atoms with Gasteiger partial charge in [-0.25, -0.2) is 0 Å². The summed E-state index contributed by atoms with van der Waals surface area (Å²) >= 11 is 0. The molecule has 5 heteroatoms. The van der Waals surface area contributed by atoms with Crippen molar-refractivity contribution in [2.45, 2.75) is 12.6 Å². The summed E-state index contributed by atoms with van der Waals surface area (Å²) in [4.78, 5) is 17.8. The van der Waals surface area contributed by atoms with E-state index < -0.39 is 0 Å². The third-order valence-corrected chi connectivity index (χ3v) is 2.82. The number of hydrogen-bond acceptors (Lipinski definition) is 4. The van der Waals surface area contributed by atoms with Gasteiger partial charge in [0.25, 0.3) is 0 Å². The Kier molecular flexibility index (Phi) is 4.06. The fourth-order valence-corrected chi connectivity index (χ4v) is 1.92. The predicted molar refractivity (Wildman–Crippen MR) is 63.3 cm³/mol. The lowest BCUT2D eigenvalue weighted by Gasteiger charge is -2.31. The number of likely N-dealkylation sites (N-methyl/N-ethyl adjacent to an activating group) is 1. The van der Waals surface area contributed by atoms with Crippen LogP contribution in [0.4, 0.5) is 0 Å². The first kappa shape index (κ1) is 12.0. The number of pyridine rings is 1. The van der Waals surface area contributed by atoms with Gasteiger partial charge in [0.05, 0.1) is 6.61 Å². The van der Waals surface area contributed by atoms with Crippen LogP contribution in [0.5, 0.6) is 0 Å². The number of carbonyl (C=O) groups excluding carboxylic acids is 1. The van der Waals surface area contributed by atoms with Crippen molar-refractivity contribution in [3.63, 3.8) is 0 Å². The molecule has 0 saturated carbocycles. The molecule has 0 radical (unpaired) electrons. The second kappa shape index (κ2) is 5.75. The molecule has 1 unspecified atom stereocenters. The Bertz CT molecular complexity index is 369. The van der Waals surface area contributed by atoms with Crippen molar-refractivity contribution >= 4 is 5.91 Å². The van der Waals surface area contributed by atoms with Gasteiger partial charge in [0, 0.05) is 39.1 Å². The number of nitrogens with one attached hydrogen (secondary N) is 1. The van der Waals surface area contributed by atoms with Crippen molar-refractivity contribution < 1.29 is 9.53 Å². The van der Waals surface area contributed by atoms with Gasteiger partial charge in [0.15, 0.2) is 0 Å². The van der Waals surface area contributed by atoms with Gasteiger partial charge in [-0.15, -0.1) is 0 Å². The highest BCUT2D eigenvalue weighted by molar-refractivity contribution is 5.80. The van der Waals surface area contributed by atoms with Crippen molar-refractivity contribution in [1.82, 2.24) is 15.2 Å². The Hall–Kier alpha value is -1.46. The maximum Gasteiger partial charge on any atom is 0.250 e. The molecule has 1 amide bonds. The maximum atomic E-state index is 11.5. The number of amides is 1. The number of carbonyl (C=O) groups is 1. The minimum atomic E-state index is -0.356. The van der Waals surface area contributed by atoms with Crippen LogP contribution in [0.2, 0.25) is 0 Å². The van der Waals surface area contributed by atoms with Crippen LogP contribution in [0.25, 0.3) is 0 Å². The number of morpholine rings is 1. The SMILES string of the molecule is CNC(=O)C1CN(Cc2cccnc2)CCO1. The van der Waals surface area contributed by atoms with Crippen LogP contribution in [-0.4, -0.2) is 48.6 Å². The molecule has 17 heavy (non-hydrogen) atoms. The van der Waals surface area contributed by atoms with E-state index in [1.54, 1.807) is 13.2 Å². The molecule has 2 heterocycles. The monoisotopic (exact) mass is 235 g/mol. The van der Waals surface area contributed by atoms with E-state index in [9.17, 15) is 4.79 Å². The Morgan fingerprint density at radius 2 is 2.59 bits per heavy atom. The van der Waals surface area contributed by atoms with Crippen molar-refractivity contribution in [3.8, 4) is 0 Å². The Morgan fingerprint density at radius 1 is 1.71 bits per heavy atom. The molecular weight excluding hydrogens is 218 g/mol. The molecule has 0 aromatic carbocycles. The molecule has 1 aromatic rings. The van der Waals surface area contributed by atoms with Crippen LogP contribution in [0.15, 0.2) is 24.5 Å². The molecule has 0 bridgehead atoms. The van der Waals surface area contributed by atoms with E-state index in [-0.39, 0.29) is 12.0 Å². The molecule has 1 N–H and O–H groups in total. The molecule has 1 saturated heterocycles. The molecule has 1 atom stereocenters. The average molecular weight is 235 g/mol. The van der Waals surface area contributed by atoms with Crippen LogP contribution < -0.4 is 5.32 Å². The van der Waals surface area contributed by atoms with Gasteiger partial charge in [0.1, 0.15) is 6.10 Å². The largest absolute Gasteiger partial charge is 0.366 e. The Balaban J connectivity index is 1.92. The zero-order valence-corrected chi connectivity index (χ0v) is 9.93. The first-order chi connectivity index (χ1) is 8.29. The maximum absolute atomic E-state index is 11.5. The van der Waals surface area contributed by atoms with Crippen molar-refractivity contribution in [3.05, 3.63) is 30.1 Å². The number of aromatic nitrogens is 1. The second-order valence-electron chi connectivity index (χ2n) is 4.07. The lowest BCUT2D eigenvalue weighted by molar-refractivity contribution is -0.138. The van der Waals surface area contributed by atoms with Crippen LogP contribution in [0.3, 0.4) is 0 Å². The van der Waals surface area contributed by atoms with E-state index in [0.717, 1.165) is 18.7 Å². The fourth-order valence-electron chi connectivity index (χ4n) is 1.92. The van der Waals surface area contributed by atoms with Crippen LogP contribution >= 0.6 is 0 Å². The van der Waals surface area contributed by atoms with E-state index in [1.165, 1.54) is 0 Å². The lowest BCUT2D eigenvalue weighted by atomic mass is 10.2. The van der Waals surface area contributed by atoms with Gasteiger partial charge in [0.2, 0.25) is 5.91 Å². The van der Waals surface area contributed by atoms with Gasteiger partial charge < -0.3 is 10.1 Å². The molecule has 1 fully saturated rings.